The van der Waals surface area contributed by atoms with Crippen molar-refractivity contribution in [2.45, 2.75) is 23.8 Å². The van der Waals surface area contributed by atoms with Crippen molar-refractivity contribution in [3.8, 4) is 0 Å². The second-order valence-electron chi connectivity index (χ2n) is 4.62. The second kappa shape index (κ2) is 4.35. The van der Waals surface area contributed by atoms with E-state index in [4.69, 9.17) is 0 Å². The lowest BCUT2D eigenvalue weighted by Gasteiger charge is -2.26. The monoisotopic (exact) mass is 248 g/mol. The van der Waals surface area contributed by atoms with Gasteiger partial charge in [0.2, 0.25) is 5.91 Å². The maximum Gasteiger partial charge on any atom is 0.237 e. The zero-order chi connectivity index (χ0) is 11.8. The highest BCUT2D eigenvalue weighted by atomic mass is 32.2. The van der Waals surface area contributed by atoms with E-state index in [1.165, 1.54) is 23.3 Å². The maximum absolute atomic E-state index is 11.6. The standard InChI is InChI=1S/C13H16N2OS/c1-15-11-5-4-9(10-3-2-6-14-10)7-12(11)17-8-13(15)16/h4-5,7,10,14H,2-3,6,8H2,1H3. The zero-order valence-electron chi connectivity index (χ0n) is 9.90. The molecule has 0 saturated carbocycles. The summed E-state index contributed by atoms with van der Waals surface area (Å²) >= 11 is 1.65. The van der Waals surface area contributed by atoms with Crippen LogP contribution in [0.5, 0.6) is 0 Å². The highest BCUT2D eigenvalue weighted by molar-refractivity contribution is 8.00. The first-order valence-electron chi connectivity index (χ1n) is 6.02. The van der Waals surface area contributed by atoms with Gasteiger partial charge >= 0.3 is 0 Å². The van der Waals surface area contributed by atoms with Crippen molar-refractivity contribution >= 4 is 23.4 Å². The molecule has 1 atom stereocenters. The Bertz CT molecular complexity index is 455. The zero-order valence-corrected chi connectivity index (χ0v) is 10.7. The van der Waals surface area contributed by atoms with Crippen LogP contribution in [0.4, 0.5) is 5.69 Å². The lowest BCUT2D eigenvalue weighted by molar-refractivity contribution is -0.116. The molecular formula is C13H16N2OS. The largest absolute Gasteiger partial charge is 0.314 e. The molecule has 0 bridgehead atoms. The van der Waals surface area contributed by atoms with Crippen molar-refractivity contribution in [3.63, 3.8) is 0 Å². The average Bonchev–Trinajstić information content (AvgIpc) is 2.87. The lowest BCUT2D eigenvalue weighted by Crippen LogP contribution is -2.31. The van der Waals surface area contributed by atoms with E-state index in [0.29, 0.717) is 11.8 Å². The molecule has 0 radical (unpaired) electrons. The molecule has 3 rings (SSSR count). The third kappa shape index (κ3) is 1.96. The molecule has 3 nitrogen and oxygen atoms in total. The molecule has 1 aromatic rings. The molecule has 2 heterocycles. The third-order valence-corrected chi connectivity index (χ3v) is 4.56. The van der Waals surface area contributed by atoms with E-state index in [2.05, 4.69) is 23.5 Å². The normalized spacial score (nSPS) is 23.9. The number of nitrogens with zero attached hydrogens (tertiary/aromatic N) is 1. The molecule has 1 fully saturated rings. The van der Waals surface area contributed by atoms with Gasteiger partial charge in [-0.05, 0) is 37.1 Å². The van der Waals surface area contributed by atoms with E-state index in [1.807, 2.05) is 7.05 Å². The summed E-state index contributed by atoms with van der Waals surface area (Å²) in [5.41, 5.74) is 2.41. The van der Waals surface area contributed by atoms with Crippen LogP contribution >= 0.6 is 11.8 Å². The summed E-state index contributed by atoms with van der Waals surface area (Å²) in [6.07, 6.45) is 2.48. The Morgan fingerprint density at radius 2 is 2.35 bits per heavy atom. The Morgan fingerprint density at radius 3 is 3.12 bits per heavy atom. The van der Waals surface area contributed by atoms with Gasteiger partial charge in [-0.3, -0.25) is 4.79 Å². The maximum atomic E-state index is 11.6. The van der Waals surface area contributed by atoms with Gasteiger partial charge in [-0.25, -0.2) is 0 Å². The molecule has 90 valence electrons. The summed E-state index contributed by atoms with van der Waals surface area (Å²) in [6, 6.07) is 6.97. The smallest absolute Gasteiger partial charge is 0.237 e. The summed E-state index contributed by atoms with van der Waals surface area (Å²) in [7, 11) is 1.86. The minimum atomic E-state index is 0.189. The summed E-state index contributed by atoms with van der Waals surface area (Å²) in [4.78, 5) is 14.6. The molecule has 0 aliphatic carbocycles. The van der Waals surface area contributed by atoms with E-state index in [1.54, 1.807) is 16.7 Å². The van der Waals surface area contributed by atoms with Crippen LogP contribution in [0.3, 0.4) is 0 Å². The molecule has 0 aromatic heterocycles. The Labute approximate surface area is 106 Å². The molecule has 4 heteroatoms. The Balaban J connectivity index is 1.93. The van der Waals surface area contributed by atoms with Crippen molar-refractivity contribution in [1.82, 2.24) is 5.32 Å². The SMILES string of the molecule is CN1C(=O)CSc2cc(C3CCCN3)ccc21. The van der Waals surface area contributed by atoms with Crippen LogP contribution in [-0.4, -0.2) is 25.3 Å². The molecular weight excluding hydrogens is 232 g/mol. The molecule has 17 heavy (non-hydrogen) atoms. The number of rotatable bonds is 1. The van der Waals surface area contributed by atoms with E-state index >= 15 is 0 Å². The number of benzene rings is 1. The van der Waals surface area contributed by atoms with E-state index in [-0.39, 0.29) is 5.91 Å². The number of hydrogen-bond donors (Lipinski definition) is 1. The van der Waals surface area contributed by atoms with Gasteiger partial charge < -0.3 is 10.2 Å². The Hall–Kier alpha value is -1.00. The fourth-order valence-electron chi connectivity index (χ4n) is 2.48. The molecule has 1 aromatic carbocycles. The number of anilines is 1. The fraction of sp³-hybridized carbons (Fsp3) is 0.462. The van der Waals surface area contributed by atoms with Gasteiger partial charge in [0.15, 0.2) is 0 Å². The van der Waals surface area contributed by atoms with Crippen LogP contribution in [0.15, 0.2) is 23.1 Å². The minimum Gasteiger partial charge on any atom is -0.314 e. The van der Waals surface area contributed by atoms with Gasteiger partial charge in [0.25, 0.3) is 0 Å². The number of fused-ring (bicyclic) bond motifs is 1. The van der Waals surface area contributed by atoms with Crippen LogP contribution in [0.25, 0.3) is 0 Å². The number of carbonyl (C=O) groups is 1. The predicted octanol–water partition coefficient (Wildman–Crippen LogP) is 2.18. The van der Waals surface area contributed by atoms with Crippen LogP contribution in [-0.2, 0) is 4.79 Å². The van der Waals surface area contributed by atoms with Gasteiger partial charge in [0.05, 0.1) is 11.4 Å². The first-order chi connectivity index (χ1) is 8.25. The van der Waals surface area contributed by atoms with Gasteiger partial charge in [0, 0.05) is 18.0 Å². The molecule has 1 saturated heterocycles. The van der Waals surface area contributed by atoms with Crippen LogP contribution in [0.1, 0.15) is 24.4 Å². The fourth-order valence-corrected chi connectivity index (χ4v) is 3.52. The van der Waals surface area contributed by atoms with Crippen LogP contribution in [0, 0.1) is 0 Å². The lowest BCUT2D eigenvalue weighted by atomic mass is 10.0. The number of nitrogens with one attached hydrogen (secondary N) is 1. The van der Waals surface area contributed by atoms with Crippen LogP contribution in [0.2, 0.25) is 0 Å². The predicted molar refractivity (Wildman–Crippen MR) is 70.6 cm³/mol. The Kier molecular flexibility index (Phi) is 2.84. The average molecular weight is 248 g/mol. The Morgan fingerprint density at radius 1 is 1.47 bits per heavy atom. The molecule has 1 N–H and O–H groups in total. The van der Waals surface area contributed by atoms with E-state index < -0.39 is 0 Å². The van der Waals surface area contributed by atoms with Gasteiger partial charge in [0.1, 0.15) is 0 Å². The van der Waals surface area contributed by atoms with Gasteiger partial charge in [-0.15, -0.1) is 11.8 Å². The summed E-state index contributed by atoms with van der Waals surface area (Å²) in [6.45, 7) is 1.12. The summed E-state index contributed by atoms with van der Waals surface area (Å²) in [5.74, 6) is 0.750. The highest BCUT2D eigenvalue weighted by Crippen LogP contribution is 2.37. The quantitative estimate of drug-likeness (QED) is 0.827. The number of carbonyl (C=O) groups excluding carboxylic acids is 1. The van der Waals surface area contributed by atoms with E-state index in [0.717, 1.165) is 12.2 Å². The first kappa shape index (κ1) is 11.1. The highest BCUT2D eigenvalue weighted by Gasteiger charge is 2.23. The molecule has 2 aliphatic heterocycles. The number of amides is 1. The van der Waals surface area contributed by atoms with Crippen molar-refractivity contribution in [2.24, 2.45) is 0 Å². The summed E-state index contributed by atoms with van der Waals surface area (Å²) in [5, 5.41) is 3.51. The number of hydrogen-bond acceptors (Lipinski definition) is 3. The molecule has 0 spiro atoms. The third-order valence-electron chi connectivity index (χ3n) is 3.53. The topological polar surface area (TPSA) is 32.3 Å². The van der Waals surface area contributed by atoms with Gasteiger partial charge in [-0.1, -0.05) is 6.07 Å². The molecule has 1 amide bonds. The molecule has 2 aliphatic rings. The van der Waals surface area contributed by atoms with Crippen LogP contribution < -0.4 is 10.2 Å². The first-order valence-corrected chi connectivity index (χ1v) is 7.01. The summed E-state index contributed by atoms with van der Waals surface area (Å²) < 4.78 is 0. The van der Waals surface area contributed by atoms with Crippen molar-refractivity contribution in [3.05, 3.63) is 23.8 Å². The molecule has 1 unspecified atom stereocenters. The van der Waals surface area contributed by atoms with Crippen molar-refractivity contribution in [1.29, 1.82) is 0 Å². The minimum absolute atomic E-state index is 0.189. The van der Waals surface area contributed by atoms with Gasteiger partial charge in [-0.2, -0.15) is 0 Å². The second-order valence-corrected chi connectivity index (χ2v) is 5.63. The van der Waals surface area contributed by atoms with Crippen molar-refractivity contribution in [2.75, 3.05) is 24.2 Å². The van der Waals surface area contributed by atoms with E-state index in [9.17, 15) is 4.79 Å². The number of thioether (sulfide) groups is 1. The van der Waals surface area contributed by atoms with Crippen molar-refractivity contribution < 1.29 is 4.79 Å².